The molecule has 3 heteroatoms. The van der Waals surface area contributed by atoms with Crippen molar-refractivity contribution in [2.75, 3.05) is 11.9 Å². The minimum atomic E-state index is 0.0793. The Kier molecular flexibility index (Phi) is 3.22. The summed E-state index contributed by atoms with van der Waals surface area (Å²) in [6.07, 6.45) is 6.30. The maximum Gasteiger partial charge on any atom is 0.322 e. The maximum atomic E-state index is 12.3. The van der Waals surface area contributed by atoms with Crippen molar-refractivity contribution in [1.29, 1.82) is 0 Å². The third-order valence-corrected chi connectivity index (χ3v) is 4.28. The fourth-order valence-electron chi connectivity index (χ4n) is 3.08. The van der Waals surface area contributed by atoms with Gasteiger partial charge < -0.3 is 10.2 Å². The van der Waals surface area contributed by atoms with Crippen LogP contribution in [0.5, 0.6) is 0 Å². The monoisotopic (exact) mass is 244 g/mol. The summed E-state index contributed by atoms with van der Waals surface area (Å²) in [5.74, 6) is 0.758. The summed E-state index contributed by atoms with van der Waals surface area (Å²) in [7, 11) is 0. The largest absolute Gasteiger partial charge is 0.322 e. The minimum Gasteiger partial charge on any atom is -0.321 e. The van der Waals surface area contributed by atoms with E-state index >= 15 is 0 Å². The molecule has 1 aliphatic heterocycles. The second kappa shape index (κ2) is 5.01. The van der Waals surface area contributed by atoms with Crippen LogP contribution in [0.2, 0.25) is 0 Å². The second-order valence-electron chi connectivity index (χ2n) is 5.39. The van der Waals surface area contributed by atoms with Crippen molar-refractivity contribution in [3.05, 3.63) is 30.3 Å². The van der Waals surface area contributed by atoms with Crippen molar-refractivity contribution >= 4 is 11.7 Å². The molecule has 1 atom stereocenters. The lowest BCUT2D eigenvalue weighted by atomic mass is 9.79. The SMILES string of the molecule is O=C(Nc1ccccc1)N1CCCC1C1CCC1. The number of benzene rings is 1. The number of nitrogens with one attached hydrogen (secondary N) is 1. The molecule has 1 aromatic carbocycles. The minimum absolute atomic E-state index is 0.0793. The van der Waals surface area contributed by atoms with E-state index in [1.807, 2.05) is 30.3 Å². The molecule has 1 unspecified atom stereocenters. The third kappa shape index (κ3) is 2.22. The van der Waals surface area contributed by atoms with Crippen molar-refractivity contribution < 1.29 is 4.79 Å². The molecular weight excluding hydrogens is 224 g/mol. The topological polar surface area (TPSA) is 32.3 Å². The summed E-state index contributed by atoms with van der Waals surface area (Å²) in [6, 6.07) is 10.3. The zero-order valence-corrected chi connectivity index (χ0v) is 10.6. The first-order chi connectivity index (χ1) is 8.84. The summed E-state index contributed by atoms with van der Waals surface area (Å²) in [6.45, 7) is 0.917. The summed E-state index contributed by atoms with van der Waals surface area (Å²) in [5, 5.41) is 3.00. The number of carbonyl (C=O) groups excluding carboxylic acids is 1. The van der Waals surface area contributed by atoms with Crippen LogP contribution >= 0.6 is 0 Å². The van der Waals surface area contributed by atoms with Gasteiger partial charge in [-0.25, -0.2) is 4.79 Å². The highest BCUT2D eigenvalue weighted by Gasteiger charge is 2.37. The lowest BCUT2D eigenvalue weighted by Crippen LogP contribution is -2.44. The van der Waals surface area contributed by atoms with Crippen molar-refractivity contribution in [2.24, 2.45) is 5.92 Å². The lowest BCUT2D eigenvalue weighted by Gasteiger charge is -2.36. The number of carbonyl (C=O) groups is 1. The van der Waals surface area contributed by atoms with Crippen LogP contribution in [0.4, 0.5) is 10.5 Å². The number of urea groups is 1. The number of rotatable bonds is 2. The molecule has 2 aliphatic rings. The molecule has 3 rings (SSSR count). The average Bonchev–Trinajstić information content (AvgIpc) is 2.77. The quantitative estimate of drug-likeness (QED) is 0.848. The van der Waals surface area contributed by atoms with Crippen LogP contribution in [0.25, 0.3) is 0 Å². The number of amides is 2. The molecule has 1 aromatic rings. The van der Waals surface area contributed by atoms with Gasteiger partial charge in [-0.3, -0.25) is 0 Å². The van der Waals surface area contributed by atoms with Crippen molar-refractivity contribution in [1.82, 2.24) is 4.90 Å². The summed E-state index contributed by atoms with van der Waals surface area (Å²) in [5.41, 5.74) is 0.891. The molecule has 1 saturated carbocycles. The van der Waals surface area contributed by atoms with Gasteiger partial charge in [0.25, 0.3) is 0 Å². The van der Waals surface area contributed by atoms with Gasteiger partial charge in [0.2, 0.25) is 0 Å². The molecule has 0 radical (unpaired) electrons. The van der Waals surface area contributed by atoms with Gasteiger partial charge in [-0.15, -0.1) is 0 Å². The number of para-hydroxylation sites is 1. The number of nitrogens with zero attached hydrogens (tertiary/aromatic N) is 1. The van der Waals surface area contributed by atoms with E-state index in [1.54, 1.807) is 0 Å². The molecule has 1 saturated heterocycles. The van der Waals surface area contributed by atoms with E-state index in [2.05, 4.69) is 10.2 Å². The number of likely N-dealkylation sites (tertiary alicyclic amines) is 1. The Labute approximate surface area is 108 Å². The second-order valence-corrected chi connectivity index (χ2v) is 5.39. The van der Waals surface area contributed by atoms with E-state index in [-0.39, 0.29) is 6.03 Å². The molecule has 1 aliphatic carbocycles. The van der Waals surface area contributed by atoms with Gasteiger partial charge in [-0.05, 0) is 43.7 Å². The molecule has 0 bridgehead atoms. The summed E-state index contributed by atoms with van der Waals surface area (Å²) < 4.78 is 0. The van der Waals surface area contributed by atoms with E-state index in [9.17, 15) is 4.79 Å². The Morgan fingerprint density at radius 2 is 1.89 bits per heavy atom. The van der Waals surface area contributed by atoms with E-state index in [0.717, 1.165) is 24.6 Å². The fourth-order valence-corrected chi connectivity index (χ4v) is 3.08. The molecule has 2 fully saturated rings. The van der Waals surface area contributed by atoms with E-state index in [4.69, 9.17) is 0 Å². The van der Waals surface area contributed by atoms with Crippen molar-refractivity contribution in [3.8, 4) is 0 Å². The predicted molar refractivity (Wildman–Crippen MR) is 72.5 cm³/mol. The van der Waals surface area contributed by atoms with E-state index in [1.165, 1.54) is 25.7 Å². The number of hydrogen-bond acceptors (Lipinski definition) is 1. The van der Waals surface area contributed by atoms with Gasteiger partial charge in [-0.1, -0.05) is 24.6 Å². The van der Waals surface area contributed by atoms with Gasteiger partial charge >= 0.3 is 6.03 Å². The molecule has 0 aromatic heterocycles. The zero-order chi connectivity index (χ0) is 12.4. The van der Waals surface area contributed by atoms with E-state index in [0.29, 0.717) is 6.04 Å². The van der Waals surface area contributed by atoms with Gasteiger partial charge in [0.15, 0.2) is 0 Å². The van der Waals surface area contributed by atoms with Gasteiger partial charge in [0.1, 0.15) is 0 Å². The molecule has 1 N–H and O–H groups in total. The normalized spacial score (nSPS) is 23.8. The van der Waals surface area contributed by atoms with Crippen molar-refractivity contribution in [3.63, 3.8) is 0 Å². The smallest absolute Gasteiger partial charge is 0.321 e. The average molecular weight is 244 g/mol. The molecule has 2 amide bonds. The fraction of sp³-hybridized carbons (Fsp3) is 0.533. The van der Waals surface area contributed by atoms with E-state index < -0.39 is 0 Å². The summed E-state index contributed by atoms with van der Waals surface area (Å²) in [4.78, 5) is 14.3. The zero-order valence-electron chi connectivity index (χ0n) is 10.6. The molecule has 96 valence electrons. The number of anilines is 1. The van der Waals surface area contributed by atoms with Crippen molar-refractivity contribution in [2.45, 2.75) is 38.1 Å². The Balaban J connectivity index is 1.64. The first-order valence-electron chi connectivity index (χ1n) is 6.97. The predicted octanol–water partition coefficient (Wildman–Crippen LogP) is 3.48. The Bertz CT molecular complexity index is 414. The molecule has 1 heterocycles. The highest BCUT2D eigenvalue weighted by Crippen LogP contribution is 2.37. The van der Waals surface area contributed by atoms with Crippen LogP contribution in [0.15, 0.2) is 30.3 Å². The maximum absolute atomic E-state index is 12.3. The van der Waals surface area contributed by atoms with Crippen LogP contribution in [0, 0.1) is 5.92 Å². The lowest BCUT2D eigenvalue weighted by molar-refractivity contribution is 0.148. The van der Waals surface area contributed by atoms with Crippen LogP contribution < -0.4 is 5.32 Å². The Hall–Kier alpha value is -1.51. The highest BCUT2D eigenvalue weighted by atomic mass is 16.2. The molecule has 0 spiro atoms. The van der Waals surface area contributed by atoms with Crippen LogP contribution in [0.1, 0.15) is 32.1 Å². The Morgan fingerprint density at radius 3 is 2.56 bits per heavy atom. The van der Waals surface area contributed by atoms with Gasteiger partial charge in [0, 0.05) is 18.3 Å². The van der Waals surface area contributed by atoms with Gasteiger partial charge in [0.05, 0.1) is 0 Å². The molecular formula is C15H20N2O. The standard InChI is InChI=1S/C15H20N2O/c18-15(16-13-8-2-1-3-9-13)17-11-5-10-14(17)12-6-4-7-12/h1-3,8-9,12,14H,4-7,10-11H2,(H,16,18). The molecule has 3 nitrogen and oxygen atoms in total. The third-order valence-electron chi connectivity index (χ3n) is 4.28. The number of hydrogen-bond donors (Lipinski definition) is 1. The van der Waals surface area contributed by atoms with Crippen LogP contribution in [-0.2, 0) is 0 Å². The first kappa shape index (κ1) is 11.6. The first-order valence-corrected chi connectivity index (χ1v) is 6.97. The summed E-state index contributed by atoms with van der Waals surface area (Å²) >= 11 is 0. The Morgan fingerprint density at radius 1 is 1.11 bits per heavy atom. The molecule has 18 heavy (non-hydrogen) atoms. The van der Waals surface area contributed by atoms with Crippen LogP contribution in [0.3, 0.4) is 0 Å². The van der Waals surface area contributed by atoms with Gasteiger partial charge in [-0.2, -0.15) is 0 Å². The highest BCUT2D eigenvalue weighted by molar-refractivity contribution is 5.89. The van der Waals surface area contributed by atoms with Crippen LogP contribution in [-0.4, -0.2) is 23.5 Å².